The number of rotatable bonds is 11. The molecular formula is C43H69N7O8. The van der Waals surface area contributed by atoms with Crippen LogP contribution in [0.25, 0.3) is 0 Å². The van der Waals surface area contributed by atoms with Gasteiger partial charge < -0.3 is 30.4 Å². The maximum Gasteiger partial charge on any atom is 0.408 e. The third-order valence-electron chi connectivity index (χ3n) is 10.1. The number of esters is 2. The molecule has 15 heteroatoms. The lowest BCUT2D eigenvalue weighted by molar-refractivity contribution is -0.158. The Balaban J connectivity index is 0.000000296. The molecule has 0 aliphatic heterocycles. The first-order chi connectivity index (χ1) is 27.4. The van der Waals surface area contributed by atoms with Gasteiger partial charge in [-0.2, -0.15) is 4.99 Å². The second kappa shape index (κ2) is 25.9. The number of alkyl carbamates (subject to hydrolysis) is 1. The monoisotopic (exact) mass is 812 g/mol. The van der Waals surface area contributed by atoms with Gasteiger partial charge in [-0.1, -0.05) is 57.8 Å². The summed E-state index contributed by atoms with van der Waals surface area (Å²) in [6.45, 7) is 13.2. The van der Waals surface area contributed by atoms with Gasteiger partial charge in [0.05, 0.1) is 24.2 Å². The number of nitrogens with two attached hydrogens (primary N) is 1. The molecule has 2 aromatic rings. The molecule has 5 rings (SSSR count). The van der Waals surface area contributed by atoms with Crippen LogP contribution >= 0.6 is 0 Å². The number of aliphatic hydroxyl groups excluding tert-OH is 1. The minimum Gasteiger partial charge on any atom is -0.461 e. The van der Waals surface area contributed by atoms with E-state index in [9.17, 15) is 24.3 Å². The van der Waals surface area contributed by atoms with Gasteiger partial charge in [0.2, 0.25) is 12.2 Å². The zero-order chi connectivity index (χ0) is 43.0. The average molecular weight is 812 g/mol. The maximum absolute atomic E-state index is 12.3. The number of isocyanates is 1. The maximum atomic E-state index is 12.3. The Kier molecular flexibility index (Phi) is 22.3. The molecule has 15 nitrogen and oxygen atoms in total. The standard InChI is InChI=1S/C18H27N3O4.C10H14N2O3.C8H13NO.C7H15N/c1-13(2)24-16(22)14(12-15-19-10-7-11-20-15)25-17(23)21-18(3)8-5-4-6-9-18;1-7(2)15-10(14)8(13)6-9-11-4-3-5-12-9;1-8(9-7-10)5-3-2-4-6-8;1-7(8)5-3-2-4-6-7/h7,10-11,13-14H,4-6,8-9,12H2,1-3H3,(H,21,23);3-5,7-8,13H,6H2,1-2H3;2-6H2,1H3;2-6,8H2,1H3. The van der Waals surface area contributed by atoms with Crippen molar-refractivity contribution < 1.29 is 38.5 Å². The lowest BCUT2D eigenvalue weighted by atomic mass is 9.83. The summed E-state index contributed by atoms with van der Waals surface area (Å²) >= 11 is 0. The van der Waals surface area contributed by atoms with Crippen LogP contribution in [0.5, 0.6) is 0 Å². The third-order valence-corrected chi connectivity index (χ3v) is 10.1. The summed E-state index contributed by atoms with van der Waals surface area (Å²) in [5.41, 5.74) is 5.70. The van der Waals surface area contributed by atoms with E-state index >= 15 is 0 Å². The summed E-state index contributed by atoms with van der Waals surface area (Å²) < 4.78 is 15.4. The molecule has 0 aromatic carbocycles. The van der Waals surface area contributed by atoms with Crippen LogP contribution in [0, 0.1) is 0 Å². The smallest absolute Gasteiger partial charge is 0.408 e. The lowest BCUT2D eigenvalue weighted by Crippen LogP contribution is -2.49. The van der Waals surface area contributed by atoms with Crippen LogP contribution in [-0.2, 0) is 41.4 Å². The number of aromatic nitrogens is 4. The number of hydrogen-bond acceptors (Lipinski definition) is 14. The predicted octanol–water partition coefficient (Wildman–Crippen LogP) is 6.83. The van der Waals surface area contributed by atoms with Gasteiger partial charge in [0.25, 0.3) is 0 Å². The summed E-state index contributed by atoms with van der Waals surface area (Å²) in [5, 5.41) is 12.4. The van der Waals surface area contributed by atoms with Crippen molar-refractivity contribution in [2.24, 2.45) is 10.7 Å². The molecule has 3 fully saturated rings. The summed E-state index contributed by atoms with van der Waals surface area (Å²) in [5.74, 6) is -0.389. The van der Waals surface area contributed by atoms with Gasteiger partial charge in [-0.15, -0.1) is 0 Å². The second-order valence-corrected chi connectivity index (χ2v) is 16.8. The van der Waals surface area contributed by atoms with E-state index in [2.05, 4.69) is 37.2 Å². The highest BCUT2D eigenvalue weighted by Crippen LogP contribution is 2.30. The third kappa shape index (κ3) is 21.4. The van der Waals surface area contributed by atoms with Gasteiger partial charge in [-0.25, -0.2) is 39.1 Å². The molecular weight excluding hydrogens is 743 g/mol. The van der Waals surface area contributed by atoms with Gasteiger partial charge in [0.15, 0.2) is 6.10 Å². The van der Waals surface area contributed by atoms with Crippen molar-refractivity contribution >= 4 is 24.1 Å². The van der Waals surface area contributed by atoms with Gasteiger partial charge in [0, 0.05) is 42.3 Å². The average Bonchev–Trinajstić information content (AvgIpc) is 3.16. The minimum atomic E-state index is -1.20. The van der Waals surface area contributed by atoms with Crippen molar-refractivity contribution in [3.05, 3.63) is 48.6 Å². The van der Waals surface area contributed by atoms with Gasteiger partial charge in [0.1, 0.15) is 11.6 Å². The molecule has 2 unspecified atom stereocenters. The van der Waals surface area contributed by atoms with Crippen LogP contribution in [0.2, 0.25) is 0 Å². The molecule has 0 bridgehead atoms. The van der Waals surface area contributed by atoms with E-state index in [1.165, 1.54) is 57.8 Å². The van der Waals surface area contributed by atoms with Crippen molar-refractivity contribution in [3.63, 3.8) is 0 Å². The fraction of sp³-hybridized carbons (Fsp3) is 0.721. The van der Waals surface area contributed by atoms with Crippen LogP contribution in [0.15, 0.2) is 41.9 Å². The molecule has 0 spiro atoms. The van der Waals surface area contributed by atoms with Crippen molar-refractivity contribution in [2.75, 3.05) is 0 Å². The number of nitrogens with zero attached hydrogens (tertiary/aromatic N) is 5. The first-order valence-electron chi connectivity index (χ1n) is 20.9. The van der Waals surface area contributed by atoms with E-state index in [0.717, 1.165) is 38.5 Å². The highest BCUT2D eigenvalue weighted by Gasteiger charge is 2.33. The molecule has 3 saturated carbocycles. The molecule has 58 heavy (non-hydrogen) atoms. The summed E-state index contributed by atoms with van der Waals surface area (Å²) in [6.07, 6.45) is 22.2. The van der Waals surface area contributed by atoms with E-state index in [1.54, 1.807) is 70.7 Å². The number of carbonyl (C=O) groups is 3. The predicted molar refractivity (Wildman–Crippen MR) is 220 cm³/mol. The highest BCUT2D eigenvalue weighted by atomic mass is 16.6. The van der Waals surface area contributed by atoms with Crippen LogP contribution in [0.1, 0.15) is 156 Å². The summed E-state index contributed by atoms with van der Waals surface area (Å²) in [4.78, 5) is 65.6. The van der Waals surface area contributed by atoms with E-state index in [0.29, 0.717) is 11.6 Å². The number of amides is 1. The molecule has 3 aliphatic carbocycles. The molecule has 2 aromatic heterocycles. The molecule has 4 N–H and O–H groups in total. The van der Waals surface area contributed by atoms with E-state index in [4.69, 9.17) is 19.9 Å². The van der Waals surface area contributed by atoms with E-state index in [-0.39, 0.29) is 41.7 Å². The molecule has 3 aliphatic rings. The van der Waals surface area contributed by atoms with Crippen molar-refractivity contribution in [1.29, 1.82) is 0 Å². The van der Waals surface area contributed by atoms with Crippen LogP contribution in [-0.4, -0.2) is 90.2 Å². The van der Waals surface area contributed by atoms with Crippen LogP contribution < -0.4 is 11.1 Å². The zero-order valence-corrected chi connectivity index (χ0v) is 35.9. The van der Waals surface area contributed by atoms with Gasteiger partial charge in [-0.05, 0) is 99.1 Å². The Labute approximate surface area is 345 Å². The van der Waals surface area contributed by atoms with Crippen LogP contribution in [0.3, 0.4) is 0 Å². The molecule has 2 heterocycles. The molecule has 1 amide bonds. The molecule has 0 radical (unpaired) electrons. The quantitative estimate of drug-likeness (QED) is 0.0918. The normalized spacial score (nSPS) is 18.7. The zero-order valence-electron chi connectivity index (χ0n) is 35.9. The Hall–Kier alpha value is -4.33. The van der Waals surface area contributed by atoms with Crippen molar-refractivity contribution in [1.82, 2.24) is 25.3 Å². The number of aliphatic hydroxyl groups is 1. The van der Waals surface area contributed by atoms with Crippen LogP contribution in [0.4, 0.5) is 4.79 Å². The number of nitrogens with one attached hydrogen (secondary N) is 1. The van der Waals surface area contributed by atoms with Crippen molar-refractivity contribution in [2.45, 2.75) is 199 Å². The Morgan fingerprint density at radius 1 is 0.707 bits per heavy atom. The number of aliphatic imine (C=N–C) groups is 1. The molecule has 0 saturated heterocycles. The van der Waals surface area contributed by atoms with Crippen molar-refractivity contribution in [3.8, 4) is 0 Å². The summed E-state index contributed by atoms with van der Waals surface area (Å²) in [7, 11) is 0. The Morgan fingerprint density at radius 2 is 1.14 bits per heavy atom. The first kappa shape index (κ1) is 49.8. The number of hydrogen-bond donors (Lipinski definition) is 3. The number of ether oxygens (including phenoxy) is 3. The molecule has 324 valence electrons. The lowest BCUT2D eigenvalue weighted by Gasteiger charge is -2.34. The van der Waals surface area contributed by atoms with E-state index < -0.39 is 30.2 Å². The first-order valence-corrected chi connectivity index (χ1v) is 20.9. The SMILES string of the molecule is CC(C)OC(=O)C(Cc1ncccn1)OC(=O)NC1(C)CCCCC1.CC(C)OC(=O)C(O)Cc1ncccn1.CC1(N)CCCCC1.CC1(N=C=O)CCCCC1. The largest absolute Gasteiger partial charge is 0.461 e. The van der Waals surface area contributed by atoms with Gasteiger partial charge in [-0.3, -0.25) is 0 Å². The van der Waals surface area contributed by atoms with E-state index in [1.807, 2.05) is 13.8 Å². The fourth-order valence-electron chi connectivity index (χ4n) is 6.84. The Morgan fingerprint density at radius 3 is 1.57 bits per heavy atom. The number of carbonyl (C=O) groups excluding carboxylic acids is 4. The highest BCUT2D eigenvalue weighted by molar-refractivity contribution is 5.79. The fourth-order valence-corrected chi connectivity index (χ4v) is 6.84. The summed E-state index contributed by atoms with van der Waals surface area (Å²) in [6, 6.07) is 3.35. The minimum absolute atomic E-state index is 0.0694. The second-order valence-electron chi connectivity index (χ2n) is 16.8. The molecule has 2 atom stereocenters. The topological polar surface area (TPSA) is 218 Å². The van der Waals surface area contributed by atoms with Gasteiger partial charge >= 0.3 is 18.0 Å². The Bertz CT molecular complexity index is 1520.